The molecule has 0 spiro atoms. The van der Waals surface area contributed by atoms with Crippen LogP contribution in [-0.4, -0.2) is 36.4 Å². The minimum Gasteiger partial charge on any atom is -0.492 e. The number of carbonyl (C=O) groups is 1. The fourth-order valence-corrected chi connectivity index (χ4v) is 2.86. The highest BCUT2D eigenvalue weighted by molar-refractivity contribution is 5.75. The van der Waals surface area contributed by atoms with Gasteiger partial charge in [-0.15, -0.1) is 0 Å². The van der Waals surface area contributed by atoms with Crippen molar-refractivity contribution in [2.75, 3.05) is 13.2 Å². The Morgan fingerprint density at radius 3 is 2.74 bits per heavy atom. The Morgan fingerprint density at radius 1 is 1.32 bits per heavy atom. The average Bonchev–Trinajstić information content (AvgIpc) is 2.42. The fraction of sp³-hybridized carbons (Fsp3) is 0.562. The SMILES string of the molecule is C[C@@H]1CCC[C@H](C)N1CCOc1cccc(C=O)c1. The van der Waals surface area contributed by atoms with E-state index in [1.165, 1.54) is 19.3 Å². The van der Waals surface area contributed by atoms with Crippen LogP contribution in [0.25, 0.3) is 0 Å². The Hall–Kier alpha value is -1.35. The molecule has 0 aromatic heterocycles. The summed E-state index contributed by atoms with van der Waals surface area (Å²) in [5.41, 5.74) is 0.664. The smallest absolute Gasteiger partial charge is 0.150 e. The van der Waals surface area contributed by atoms with E-state index in [0.29, 0.717) is 24.3 Å². The Morgan fingerprint density at radius 2 is 2.05 bits per heavy atom. The highest BCUT2D eigenvalue weighted by atomic mass is 16.5. The molecule has 1 aliphatic heterocycles. The molecule has 0 N–H and O–H groups in total. The lowest BCUT2D eigenvalue weighted by Crippen LogP contribution is -2.45. The van der Waals surface area contributed by atoms with Gasteiger partial charge in [-0.2, -0.15) is 0 Å². The number of ether oxygens (including phenoxy) is 1. The third-order valence-electron chi connectivity index (χ3n) is 3.99. The summed E-state index contributed by atoms with van der Waals surface area (Å²) in [5.74, 6) is 0.780. The van der Waals surface area contributed by atoms with Crippen LogP contribution in [0.2, 0.25) is 0 Å². The first-order valence-corrected chi connectivity index (χ1v) is 7.14. The van der Waals surface area contributed by atoms with Gasteiger partial charge in [0.25, 0.3) is 0 Å². The molecule has 1 aromatic carbocycles. The molecule has 0 amide bonds. The molecule has 0 saturated carbocycles. The summed E-state index contributed by atoms with van der Waals surface area (Å²) < 4.78 is 5.75. The molecule has 0 unspecified atom stereocenters. The maximum Gasteiger partial charge on any atom is 0.150 e. The lowest BCUT2D eigenvalue weighted by Gasteiger charge is -2.38. The summed E-state index contributed by atoms with van der Waals surface area (Å²) in [6, 6.07) is 8.62. The van der Waals surface area contributed by atoms with Gasteiger partial charge in [-0.05, 0) is 38.8 Å². The second kappa shape index (κ2) is 6.71. The number of nitrogens with zero attached hydrogens (tertiary/aromatic N) is 1. The van der Waals surface area contributed by atoms with Crippen molar-refractivity contribution in [1.29, 1.82) is 0 Å². The van der Waals surface area contributed by atoms with E-state index < -0.39 is 0 Å². The largest absolute Gasteiger partial charge is 0.492 e. The molecule has 0 aliphatic carbocycles. The van der Waals surface area contributed by atoms with Gasteiger partial charge >= 0.3 is 0 Å². The normalized spacial score (nSPS) is 24.1. The highest BCUT2D eigenvalue weighted by Crippen LogP contribution is 2.22. The van der Waals surface area contributed by atoms with E-state index >= 15 is 0 Å². The average molecular weight is 261 g/mol. The van der Waals surface area contributed by atoms with Gasteiger partial charge < -0.3 is 4.74 Å². The predicted octanol–water partition coefficient (Wildman–Crippen LogP) is 3.14. The van der Waals surface area contributed by atoms with Crippen molar-refractivity contribution in [1.82, 2.24) is 4.90 Å². The summed E-state index contributed by atoms with van der Waals surface area (Å²) in [4.78, 5) is 13.2. The zero-order valence-electron chi connectivity index (χ0n) is 11.8. The molecule has 104 valence electrons. The van der Waals surface area contributed by atoms with Crippen LogP contribution < -0.4 is 4.74 Å². The molecule has 1 aromatic rings. The molecule has 0 bridgehead atoms. The quantitative estimate of drug-likeness (QED) is 0.763. The molecule has 3 nitrogen and oxygen atoms in total. The second-order valence-corrected chi connectivity index (χ2v) is 5.41. The molecule has 2 atom stereocenters. The minimum absolute atomic E-state index is 0.647. The predicted molar refractivity (Wildman–Crippen MR) is 76.8 cm³/mol. The van der Waals surface area contributed by atoms with E-state index in [1.54, 1.807) is 12.1 Å². The number of hydrogen-bond acceptors (Lipinski definition) is 3. The van der Waals surface area contributed by atoms with E-state index in [0.717, 1.165) is 18.6 Å². The van der Waals surface area contributed by atoms with Gasteiger partial charge in [0.1, 0.15) is 18.6 Å². The van der Waals surface area contributed by atoms with Gasteiger partial charge in [-0.1, -0.05) is 18.6 Å². The minimum atomic E-state index is 0.647. The summed E-state index contributed by atoms with van der Waals surface area (Å²) >= 11 is 0. The monoisotopic (exact) mass is 261 g/mol. The Bertz CT molecular complexity index is 409. The Kier molecular flexibility index (Phi) is 4.97. The number of benzene rings is 1. The maximum absolute atomic E-state index is 10.7. The summed E-state index contributed by atoms with van der Waals surface area (Å²) in [5, 5.41) is 0. The van der Waals surface area contributed by atoms with Crippen molar-refractivity contribution in [3.8, 4) is 5.75 Å². The Balaban J connectivity index is 1.83. The second-order valence-electron chi connectivity index (χ2n) is 5.41. The number of piperidine rings is 1. The van der Waals surface area contributed by atoms with Crippen LogP contribution in [0.4, 0.5) is 0 Å². The molecule has 19 heavy (non-hydrogen) atoms. The van der Waals surface area contributed by atoms with E-state index in [2.05, 4.69) is 18.7 Å². The molecule has 3 heteroatoms. The van der Waals surface area contributed by atoms with Gasteiger partial charge in [0, 0.05) is 24.2 Å². The van der Waals surface area contributed by atoms with Crippen molar-refractivity contribution in [3.05, 3.63) is 29.8 Å². The fourth-order valence-electron chi connectivity index (χ4n) is 2.86. The van der Waals surface area contributed by atoms with Gasteiger partial charge in [-0.3, -0.25) is 9.69 Å². The first-order valence-electron chi connectivity index (χ1n) is 7.14. The number of hydrogen-bond donors (Lipinski definition) is 0. The van der Waals surface area contributed by atoms with Crippen molar-refractivity contribution in [2.45, 2.75) is 45.2 Å². The standard InChI is InChI=1S/C16H23NO2/c1-13-5-3-6-14(2)17(13)9-10-19-16-8-4-7-15(11-16)12-18/h4,7-8,11-14H,3,5-6,9-10H2,1-2H3/t13-,14+. The molecular formula is C16H23NO2. The van der Waals surface area contributed by atoms with Gasteiger partial charge in [-0.25, -0.2) is 0 Å². The molecule has 0 radical (unpaired) electrons. The lowest BCUT2D eigenvalue weighted by atomic mass is 9.98. The van der Waals surface area contributed by atoms with E-state index in [4.69, 9.17) is 4.74 Å². The van der Waals surface area contributed by atoms with Gasteiger partial charge in [0.2, 0.25) is 0 Å². The zero-order valence-corrected chi connectivity index (χ0v) is 11.8. The van der Waals surface area contributed by atoms with E-state index in [9.17, 15) is 4.79 Å². The van der Waals surface area contributed by atoms with Crippen LogP contribution in [0.5, 0.6) is 5.75 Å². The van der Waals surface area contributed by atoms with Crippen LogP contribution >= 0.6 is 0 Å². The summed E-state index contributed by atoms with van der Waals surface area (Å²) in [6.45, 7) is 6.22. The van der Waals surface area contributed by atoms with Gasteiger partial charge in [0.15, 0.2) is 0 Å². The molecular weight excluding hydrogens is 238 g/mol. The van der Waals surface area contributed by atoms with Crippen molar-refractivity contribution in [2.24, 2.45) is 0 Å². The van der Waals surface area contributed by atoms with Crippen LogP contribution in [0.1, 0.15) is 43.5 Å². The summed E-state index contributed by atoms with van der Waals surface area (Å²) in [7, 11) is 0. The lowest BCUT2D eigenvalue weighted by molar-refractivity contribution is 0.0851. The maximum atomic E-state index is 10.7. The van der Waals surface area contributed by atoms with Crippen LogP contribution in [0.15, 0.2) is 24.3 Å². The first kappa shape index (κ1) is 14.1. The number of aldehydes is 1. The number of carbonyl (C=O) groups excluding carboxylic acids is 1. The Labute approximate surface area is 115 Å². The third kappa shape index (κ3) is 3.80. The molecule has 1 aliphatic rings. The van der Waals surface area contributed by atoms with Crippen LogP contribution in [-0.2, 0) is 0 Å². The molecule has 1 heterocycles. The highest BCUT2D eigenvalue weighted by Gasteiger charge is 2.23. The molecule has 2 rings (SSSR count). The van der Waals surface area contributed by atoms with E-state index in [-0.39, 0.29) is 0 Å². The van der Waals surface area contributed by atoms with Crippen LogP contribution in [0, 0.1) is 0 Å². The van der Waals surface area contributed by atoms with E-state index in [1.807, 2.05) is 12.1 Å². The van der Waals surface area contributed by atoms with Crippen molar-refractivity contribution < 1.29 is 9.53 Å². The van der Waals surface area contributed by atoms with Crippen molar-refractivity contribution >= 4 is 6.29 Å². The van der Waals surface area contributed by atoms with Gasteiger partial charge in [0.05, 0.1) is 0 Å². The number of rotatable bonds is 5. The van der Waals surface area contributed by atoms with Crippen molar-refractivity contribution in [3.63, 3.8) is 0 Å². The molecule has 1 fully saturated rings. The topological polar surface area (TPSA) is 29.5 Å². The third-order valence-corrected chi connectivity index (χ3v) is 3.99. The summed E-state index contributed by atoms with van der Waals surface area (Å²) in [6.07, 6.45) is 4.75. The zero-order chi connectivity index (χ0) is 13.7. The molecule has 1 saturated heterocycles. The van der Waals surface area contributed by atoms with Crippen LogP contribution in [0.3, 0.4) is 0 Å². The number of likely N-dealkylation sites (tertiary alicyclic amines) is 1. The first-order chi connectivity index (χ1) is 9.20.